The molecule has 2 fully saturated rings. The standard InChI is InChI=1S/C27H31N5O/c1-3-19-13-14-31(15-19)18(2)22-10-12-25-29-30-27(32(25)16-22)23-11-9-21-5-4-6-24(26(21)28-23)33-17-20-7-8-20/h4-6,9-12,16,18-20H,3,7-8,13-15,17H2,1-2H3/t18?,19-/m0/s1. The number of benzene rings is 1. The molecule has 6 heteroatoms. The second-order valence-electron chi connectivity index (χ2n) is 9.73. The van der Waals surface area contributed by atoms with Crippen molar-refractivity contribution in [3.05, 3.63) is 54.2 Å². The fourth-order valence-corrected chi connectivity index (χ4v) is 4.94. The number of rotatable bonds is 7. The second kappa shape index (κ2) is 8.41. The molecule has 3 aromatic heterocycles. The van der Waals surface area contributed by atoms with E-state index in [9.17, 15) is 0 Å². The minimum atomic E-state index is 0.369. The molecular formula is C27H31N5O. The Labute approximate surface area is 194 Å². The lowest BCUT2D eigenvalue weighted by atomic mass is 10.1. The van der Waals surface area contributed by atoms with E-state index in [4.69, 9.17) is 9.72 Å². The molecule has 0 amide bonds. The minimum Gasteiger partial charge on any atom is -0.491 e. The molecule has 33 heavy (non-hydrogen) atoms. The Balaban J connectivity index is 1.35. The summed E-state index contributed by atoms with van der Waals surface area (Å²) in [4.78, 5) is 7.57. The van der Waals surface area contributed by atoms with Crippen LogP contribution in [0.25, 0.3) is 28.1 Å². The molecule has 1 aliphatic heterocycles. The van der Waals surface area contributed by atoms with Crippen molar-refractivity contribution in [2.75, 3.05) is 19.7 Å². The van der Waals surface area contributed by atoms with Crippen LogP contribution in [0.2, 0.25) is 0 Å². The molecule has 1 saturated heterocycles. The van der Waals surface area contributed by atoms with Crippen molar-refractivity contribution in [3.8, 4) is 17.3 Å². The first-order valence-electron chi connectivity index (χ1n) is 12.3. The Morgan fingerprint density at radius 3 is 2.76 bits per heavy atom. The number of aromatic nitrogens is 4. The van der Waals surface area contributed by atoms with Gasteiger partial charge in [-0.1, -0.05) is 37.6 Å². The predicted octanol–water partition coefficient (Wildman–Crippen LogP) is 5.53. The van der Waals surface area contributed by atoms with Crippen LogP contribution >= 0.6 is 0 Å². The summed E-state index contributed by atoms with van der Waals surface area (Å²) >= 11 is 0. The second-order valence-corrected chi connectivity index (χ2v) is 9.73. The fraction of sp³-hybridized carbons (Fsp3) is 0.444. The zero-order valence-electron chi connectivity index (χ0n) is 19.4. The molecule has 1 aliphatic carbocycles. The van der Waals surface area contributed by atoms with Gasteiger partial charge in [-0.25, -0.2) is 4.98 Å². The molecule has 0 spiro atoms. The van der Waals surface area contributed by atoms with Crippen molar-refractivity contribution in [2.24, 2.45) is 11.8 Å². The summed E-state index contributed by atoms with van der Waals surface area (Å²) in [5.41, 5.74) is 3.83. The number of pyridine rings is 2. The van der Waals surface area contributed by atoms with Crippen LogP contribution in [0.15, 0.2) is 48.7 Å². The Kier molecular flexibility index (Phi) is 5.25. The highest BCUT2D eigenvalue weighted by Crippen LogP contribution is 2.33. The van der Waals surface area contributed by atoms with Crippen molar-refractivity contribution in [2.45, 2.75) is 45.6 Å². The third-order valence-electron chi connectivity index (χ3n) is 7.43. The van der Waals surface area contributed by atoms with E-state index in [2.05, 4.69) is 63.8 Å². The summed E-state index contributed by atoms with van der Waals surface area (Å²) in [7, 11) is 0. The molecule has 2 aliphatic rings. The van der Waals surface area contributed by atoms with Gasteiger partial charge in [0.1, 0.15) is 17.0 Å². The Bertz CT molecular complexity index is 1290. The summed E-state index contributed by atoms with van der Waals surface area (Å²) in [5, 5.41) is 10.0. The Morgan fingerprint density at radius 1 is 1.03 bits per heavy atom. The first kappa shape index (κ1) is 20.6. The number of para-hydroxylation sites is 1. The molecule has 1 saturated carbocycles. The third-order valence-corrected chi connectivity index (χ3v) is 7.43. The highest BCUT2D eigenvalue weighted by atomic mass is 16.5. The van der Waals surface area contributed by atoms with Crippen LogP contribution in [0.1, 0.15) is 51.1 Å². The highest BCUT2D eigenvalue weighted by molar-refractivity contribution is 5.86. The van der Waals surface area contributed by atoms with Gasteiger partial charge in [0, 0.05) is 24.2 Å². The van der Waals surface area contributed by atoms with E-state index in [0.717, 1.165) is 46.3 Å². The van der Waals surface area contributed by atoms with Gasteiger partial charge in [0.15, 0.2) is 11.5 Å². The lowest BCUT2D eigenvalue weighted by Gasteiger charge is -2.24. The van der Waals surface area contributed by atoms with Gasteiger partial charge in [-0.05, 0) is 68.3 Å². The summed E-state index contributed by atoms with van der Waals surface area (Å²) in [6.07, 6.45) is 7.29. The van der Waals surface area contributed by atoms with Gasteiger partial charge in [-0.3, -0.25) is 9.30 Å². The molecular weight excluding hydrogens is 410 g/mol. The number of hydrogen-bond acceptors (Lipinski definition) is 5. The van der Waals surface area contributed by atoms with E-state index >= 15 is 0 Å². The lowest BCUT2D eigenvalue weighted by Crippen LogP contribution is -2.24. The lowest BCUT2D eigenvalue weighted by molar-refractivity contribution is 0.251. The van der Waals surface area contributed by atoms with Gasteiger partial charge in [0.05, 0.1) is 6.61 Å². The van der Waals surface area contributed by atoms with E-state index in [1.165, 1.54) is 44.3 Å². The van der Waals surface area contributed by atoms with Crippen LogP contribution in [0.3, 0.4) is 0 Å². The number of nitrogens with zero attached hydrogens (tertiary/aromatic N) is 5. The maximum Gasteiger partial charge on any atom is 0.187 e. The van der Waals surface area contributed by atoms with E-state index in [-0.39, 0.29) is 0 Å². The molecule has 0 radical (unpaired) electrons. The fourth-order valence-electron chi connectivity index (χ4n) is 4.94. The maximum absolute atomic E-state index is 6.12. The van der Waals surface area contributed by atoms with Crippen molar-refractivity contribution in [1.29, 1.82) is 0 Å². The van der Waals surface area contributed by atoms with Crippen LogP contribution in [0, 0.1) is 11.8 Å². The van der Waals surface area contributed by atoms with Crippen LogP contribution < -0.4 is 4.74 Å². The van der Waals surface area contributed by atoms with E-state index in [0.29, 0.717) is 12.0 Å². The summed E-state index contributed by atoms with van der Waals surface area (Å²) in [5.74, 6) is 3.14. The zero-order chi connectivity index (χ0) is 22.4. The molecule has 0 N–H and O–H groups in total. The molecule has 170 valence electrons. The number of fused-ring (bicyclic) bond motifs is 2. The quantitative estimate of drug-likeness (QED) is 0.378. The van der Waals surface area contributed by atoms with Crippen LogP contribution in [0.4, 0.5) is 0 Å². The van der Waals surface area contributed by atoms with Gasteiger partial charge in [0.2, 0.25) is 0 Å². The first-order valence-corrected chi connectivity index (χ1v) is 12.3. The molecule has 6 rings (SSSR count). The van der Waals surface area contributed by atoms with Crippen LogP contribution in [-0.2, 0) is 0 Å². The Hall–Kier alpha value is -2.99. The van der Waals surface area contributed by atoms with E-state index in [1.54, 1.807) is 0 Å². The maximum atomic E-state index is 6.12. The first-order chi connectivity index (χ1) is 16.2. The van der Waals surface area contributed by atoms with E-state index in [1.807, 2.05) is 18.2 Å². The van der Waals surface area contributed by atoms with Crippen LogP contribution in [-0.4, -0.2) is 44.2 Å². The van der Waals surface area contributed by atoms with Gasteiger partial charge >= 0.3 is 0 Å². The predicted molar refractivity (Wildman–Crippen MR) is 130 cm³/mol. The number of likely N-dealkylation sites (tertiary alicyclic amines) is 1. The van der Waals surface area contributed by atoms with Crippen molar-refractivity contribution >= 4 is 16.6 Å². The largest absolute Gasteiger partial charge is 0.491 e. The van der Waals surface area contributed by atoms with Crippen molar-refractivity contribution in [1.82, 2.24) is 24.5 Å². The monoisotopic (exact) mass is 441 g/mol. The van der Waals surface area contributed by atoms with Crippen molar-refractivity contribution in [3.63, 3.8) is 0 Å². The SMILES string of the molecule is CC[C@H]1CCN(C(C)c2ccc3nnc(-c4ccc5cccc(OCC6CC6)c5n4)n3c2)C1. The summed E-state index contributed by atoms with van der Waals surface area (Å²) < 4.78 is 8.20. The highest BCUT2D eigenvalue weighted by Gasteiger charge is 2.26. The number of hydrogen-bond donors (Lipinski definition) is 0. The molecule has 6 nitrogen and oxygen atoms in total. The molecule has 1 unspecified atom stereocenters. The van der Waals surface area contributed by atoms with Crippen molar-refractivity contribution < 1.29 is 4.74 Å². The minimum absolute atomic E-state index is 0.369. The average Bonchev–Trinajstić information content (AvgIpc) is 3.39. The van der Waals surface area contributed by atoms with Gasteiger partial charge in [-0.2, -0.15) is 0 Å². The van der Waals surface area contributed by atoms with Gasteiger partial charge in [-0.15, -0.1) is 10.2 Å². The third kappa shape index (κ3) is 3.97. The van der Waals surface area contributed by atoms with Crippen LogP contribution in [0.5, 0.6) is 5.75 Å². The van der Waals surface area contributed by atoms with Gasteiger partial charge in [0.25, 0.3) is 0 Å². The van der Waals surface area contributed by atoms with E-state index < -0.39 is 0 Å². The molecule has 4 aromatic rings. The summed E-state index contributed by atoms with van der Waals surface area (Å²) in [6, 6.07) is 14.9. The topological polar surface area (TPSA) is 55.5 Å². The molecule has 4 heterocycles. The normalized spacial score (nSPS) is 20.0. The average molecular weight is 442 g/mol. The molecule has 0 bridgehead atoms. The van der Waals surface area contributed by atoms with Gasteiger partial charge < -0.3 is 4.74 Å². The zero-order valence-corrected chi connectivity index (χ0v) is 19.4. The Morgan fingerprint density at radius 2 is 1.94 bits per heavy atom. The summed E-state index contributed by atoms with van der Waals surface area (Å²) in [6.45, 7) is 7.73. The molecule has 2 atom stereocenters. The smallest absolute Gasteiger partial charge is 0.187 e. The number of ether oxygens (including phenoxy) is 1. The molecule has 1 aromatic carbocycles.